The number of hydrogen-bond acceptors (Lipinski definition) is 4. The highest BCUT2D eigenvalue weighted by atomic mass is 32.2. The van der Waals surface area contributed by atoms with E-state index >= 15 is 0 Å². The molecule has 0 aromatic heterocycles. The smallest absolute Gasteiger partial charge is 0.251 e. The first kappa shape index (κ1) is 18.7. The molecule has 1 aromatic carbocycles. The summed E-state index contributed by atoms with van der Waals surface area (Å²) in [4.78, 5) is 12.3. The number of nitrogens with one attached hydrogen (secondary N) is 1. The Morgan fingerprint density at radius 1 is 1.33 bits per heavy atom. The van der Waals surface area contributed by atoms with E-state index in [4.69, 9.17) is 4.74 Å². The average molecular weight is 354 g/mol. The average Bonchev–Trinajstić information content (AvgIpc) is 2.60. The molecule has 1 amide bonds. The van der Waals surface area contributed by atoms with Crippen LogP contribution < -0.4 is 10.1 Å². The van der Waals surface area contributed by atoms with Crippen LogP contribution in [-0.2, 0) is 10.0 Å². The third kappa shape index (κ3) is 4.95. The Hall–Kier alpha value is -1.60. The van der Waals surface area contributed by atoms with Gasteiger partial charge in [-0.1, -0.05) is 19.4 Å². The van der Waals surface area contributed by atoms with Crippen molar-refractivity contribution in [3.63, 3.8) is 0 Å². The van der Waals surface area contributed by atoms with Gasteiger partial charge in [0.25, 0.3) is 5.91 Å². The van der Waals surface area contributed by atoms with Crippen molar-refractivity contribution >= 4 is 15.9 Å². The van der Waals surface area contributed by atoms with Crippen molar-refractivity contribution in [1.29, 1.82) is 0 Å². The molecule has 0 atom stereocenters. The predicted octanol–water partition coefficient (Wildman–Crippen LogP) is 2.02. The molecule has 0 unspecified atom stereocenters. The number of rotatable bonds is 7. The number of carbonyl (C=O) groups is 1. The van der Waals surface area contributed by atoms with Gasteiger partial charge in [0.1, 0.15) is 5.75 Å². The van der Waals surface area contributed by atoms with Crippen LogP contribution in [0, 0.1) is 0 Å². The van der Waals surface area contributed by atoms with E-state index in [9.17, 15) is 13.2 Å². The number of nitrogens with zero attached hydrogens (tertiary/aromatic N) is 1. The third-order valence-electron chi connectivity index (χ3n) is 4.27. The molecule has 7 heteroatoms. The van der Waals surface area contributed by atoms with E-state index in [0.29, 0.717) is 43.7 Å². The monoisotopic (exact) mass is 354 g/mol. The normalized spacial score (nSPS) is 16.8. The number of methoxy groups -OCH3 is 1. The minimum absolute atomic E-state index is 0.00123. The van der Waals surface area contributed by atoms with E-state index in [1.807, 2.05) is 6.92 Å². The lowest BCUT2D eigenvalue weighted by Gasteiger charge is -2.31. The van der Waals surface area contributed by atoms with Crippen molar-refractivity contribution in [3.05, 3.63) is 29.8 Å². The number of piperidine rings is 1. The third-order valence-corrected chi connectivity index (χ3v) is 6.23. The van der Waals surface area contributed by atoms with Gasteiger partial charge in [-0.25, -0.2) is 12.7 Å². The Balaban J connectivity index is 1.87. The summed E-state index contributed by atoms with van der Waals surface area (Å²) in [7, 11) is -1.59. The number of hydrogen-bond donors (Lipinski definition) is 1. The molecule has 0 spiro atoms. The second-order valence-electron chi connectivity index (χ2n) is 6.05. The Morgan fingerprint density at radius 2 is 2.04 bits per heavy atom. The predicted molar refractivity (Wildman–Crippen MR) is 93.8 cm³/mol. The van der Waals surface area contributed by atoms with E-state index in [2.05, 4.69) is 5.32 Å². The highest BCUT2D eigenvalue weighted by Crippen LogP contribution is 2.17. The molecule has 0 bridgehead atoms. The van der Waals surface area contributed by atoms with Gasteiger partial charge in [-0.3, -0.25) is 4.79 Å². The van der Waals surface area contributed by atoms with Crippen molar-refractivity contribution in [2.45, 2.75) is 38.6 Å². The quantitative estimate of drug-likeness (QED) is 0.813. The molecule has 1 aromatic rings. The topological polar surface area (TPSA) is 75.7 Å². The summed E-state index contributed by atoms with van der Waals surface area (Å²) in [6, 6.07) is 7.00. The zero-order chi connectivity index (χ0) is 17.6. The van der Waals surface area contributed by atoms with Gasteiger partial charge in [0, 0.05) is 24.7 Å². The maximum absolute atomic E-state index is 12.3. The number of sulfonamides is 1. The summed E-state index contributed by atoms with van der Waals surface area (Å²) in [5, 5.41) is 2.99. The minimum atomic E-state index is -3.15. The van der Waals surface area contributed by atoms with Crippen molar-refractivity contribution in [3.8, 4) is 5.75 Å². The molecule has 0 saturated carbocycles. The molecule has 1 heterocycles. The SMILES string of the molecule is CCCCS(=O)(=O)N1CCC(NC(=O)c2cccc(OC)c2)CC1. The molecule has 2 rings (SSSR count). The Labute approximate surface area is 144 Å². The second-order valence-corrected chi connectivity index (χ2v) is 8.14. The van der Waals surface area contributed by atoms with Crippen molar-refractivity contribution in [2.75, 3.05) is 26.0 Å². The Morgan fingerprint density at radius 3 is 2.67 bits per heavy atom. The van der Waals surface area contributed by atoms with E-state index in [1.165, 1.54) is 0 Å². The van der Waals surface area contributed by atoms with Crippen molar-refractivity contribution < 1.29 is 17.9 Å². The minimum Gasteiger partial charge on any atom is -0.497 e. The first-order valence-corrected chi connectivity index (χ1v) is 10.00. The Kier molecular flexibility index (Phi) is 6.62. The molecule has 0 aliphatic carbocycles. The fourth-order valence-electron chi connectivity index (χ4n) is 2.77. The molecule has 1 aliphatic heterocycles. The number of benzene rings is 1. The van der Waals surface area contributed by atoms with Gasteiger partial charge < -0.3 is 10.1 Å². The van der Waals surface area contributed by atoms with Crippen LogP contribution in [0.3, 0.4) is 0 Å². The highest BCUT2D eigenvalue weighted by molar-refractivity contribution is 7.89. The lowest BCUT2D eigenvalue weighted by molar-refractivity contribution is 0.0923. The summed E-state index contributed by atoms with van der Waals surface area (Å²) in [6.07, 6.45) is 2.84. The Bertz CT molecular complexity index is 652. The van der Waals surface area contributed by atoms with Crippen molar-refractivity contribution in [1.82, 2.24) is 9.62 Å². The van der Waals surface area contributed by atoms with Crippen LogP contribution in [-0.4, -0.2) is 50.6 Å². The summed E-state index contributed by atoms with van der Waals surface area (Å²) in [6.45, 7) is 2.92. The van der Waals surface area contributed by atoms with Crippen LogP contribution in [0.15, 0.2) is 24.3 Å². The molecule has 1 saturated heterocycles. The van der Waals surface area contributed by atoms with Gasteiger partial charge in [0.05, 0.1) is 12.9 Å². The zero-order valence-corrected chi connectivity index (χ0v) is 15.1. The van der Waals surface area contributed by atoms with E-state index in [0.717, 1.165) is 6.42 Å². The fourth-order valence-corrected chi connectivity index (χ4v) is 4.45. The molecule has 1 fully saturated rings. The molecular weight excluding hydrogens is 328 g/mol. The number of carbonyl (C=O) groups excluding carboxylic acids is 1. The number of amides is 1. The lowest BCUT2D eigenvalue weighted by atomic mass is 10.1. The summed E-state index contributed by atoms with van der Waals surface area (Å²) < 4.78 is 31.1. The molecule has 1 aliphatic rings. The van der Waals surface area contributed by atoms with Crippen LogP contribution >= 0.6 is 0 Å². The molecule has 0 radical (unpaired) electrons. The largest absolute Gasteiger partial charge is 0.497 e. The van der Waals surface area contributed by atoms with E-state index in [1.54, 1.807) is 35.7 Å². The van der Waals surface area contributed by atoms with Crippen LogP contribution in [0.1, 0.15) is 43.0 Å². The van der Waals surface area contributed by atoms with Crippen molar-refractivity contribution in [2.24, 2.45) is 0 Å². The number of unbranched alkanes of at least 4 members (excludes halogenated alkanes) is 1. The zero-order valence-electron chi connectivity index (χ0n) is 14.3. The van der Waals surface area contributed by atoms with E-state index < -0.39 is 10.0 Å². The van der Waals surface area contributed by atoms with Crippen LogP contribution in [0.4, 0.5) is 0 Å². The van der Waals surface area contributed by atoms with Gasteiger partial charge in [-0.2, -0.15) is 0 Å². The van der Waals surface area contributed by atoms with Gasteiger partial charge in [0.15, 0.2) is 0 Å². The van der Waals surface area contributed by atoms with Gasteiger partial charge in [-0.15, -0.1) is 0 Å². The van der Waals surface area contributed by atoms with Crippen LogP contribution in [0.5, 0.6) is 5.75 Å². The molecule has 134 valence electrons. The highest BCUT2D eigenvalue weighted by Gasteiger charge is 2.28. The van der Waals surface area contributed by atoms with Gasteiger partial charge in [-0.05, 0) is 37.5 Å². The number of ether oxygens (including phenoxy) is 1. The summed E-state index contributed by atoms with van der Waals surface area (Å²) in [5.41, 5.74) is 0.548. The maximum Gasteiger partial charge on any atom is 0.251 e. The summed E-state index contributed by atoms with van der Waals surface area (Å²) >= 11 is 0. The molecule has 6 nitrogen and oxygen atoms in total. The fraction of sp³-hybridized carbons (Fsp3) is 0.588. The second kappa shape index (κ2) is 8.48. The van der Waals surface area contributed by atoms with Gasteiger partial charge in [0.2, 0.25) is 10.0 Å². The van der Waals surface area contributed by atoms with Gasteiger partial charge >= 0.3 is 0 Å². The van der Waals surface area contributed by atoms with E-state index in [-0.39, 0.29) is 17.7 Å². The first-order valence-electron chi connectivity index (χ1n) is 8.39. The standard InChI is InChI=1S/C17H26N2O4S/c1-3-4-12-24(21,22)19-10-8-15(9-11-19)18-17(20)14-6-5-7-16(13-14)23-2/h5-7,13,15H,3-4,8-12H2,1-2H3,(H,18,20). The molecular formula is C17H26N2O4S. The molecule has 24 heavy (non-hydrogen) atoms. The lowest BCUT2D eigenvalue weighted by Crippen LogP contribution is -2.47. The van der Waals surface area contributed by atoms with Crippen LogP contribution in [0.25, 0.3) is 0 Å². The van der Waals surface area contributed by atoms with Crippen LogP contribution in [0.2, 0.25) is 0 Å². The maximum atomic E-state index is 12.3. The first-order chi connectivity index (χ1) is 11.5. The summed E-state index contributed by atoms with van der Waals surface area (Å²) in [5.74, 6) is 0.699. The molecule has 1 N–H and O–H groups in total.